The van der Waals surface area contributed by atoms with E-state index < -0.39 is 10.0 Å². The first-order chi connectivity index (χ1) is 8.93. The SMILES string of the molecule is CN(c1ccccn1)S(=O)(=O)c1ccc(N)c(Cl)c1. The van der Waals surface area contributed by atoms with Crippen molar-refractivity contribution in [3.05, 3.63) is 47.6 Å². The molecule has 2 aromatic rings. The van der Waals surface area contributed by atoms with Crippen LogP contribution < -0.4 is 10.0 Å². The minimum absolute atomic E-state index is 0.0693. The maximum absolute atomic E-state index is 12.4. The topological polar surface area (TPSA) is 76.3 Å². The predicted octanol–water partition coefficient (Wildman–Crippen LogP) is 2.14. The normalized spacial score (nSPS) is 11.3. The molecule has 0 aliphatic carbocycles. The molecule has 0 amide bonds. The molecule has 2 N–H and O–H groups in total. The van der Waals surface area contributed by atoms with Gasteiger partial charge in [0.2, 0.25) is 0 Å². The number of nitrogens with zero attached hydrogens (tertiary/aromatic N) is 2. The second-order valence-corrected chi connectivity index (χ2v) is 6.22. The Hall–Kier alpha value is -1.79. The Bertz CT molecular complexity index is 689. The summed E-state index contributed by atoms with van der Waals surface area (Å²) in [5.41, 5.74) is 5.90. The van der Waals surface area contributed by atoms with Crippen LogP contribution in [0.3, 0.4) is 0 Å². The van der Waals surface area contributed by atoms with E-state index in [2.05, 4.69) is 4.98 Å². The molecule has 1 heterocycles. The molecular weight excluding hydrogens is 286 g/mol. The average Bonchev–Trinajstić information content (AvgIpc) is 2.41. The summed E-state index contributed by atoms with van der Waals surface area (Å²) in [4.78, 5) is 4.07. The Kier molecular flexibility index (Phi) is 3.64. The van der Waals surface area contributed by atoms with Gasteiger partial charge in [-0.2, -0.15) is 0 Å². The first kappa shape index (κ1) is 13.6. The monoisotopic (exact) mass is 297 g/mol. The number of rotatable bonds is 3. The third kappa shape index (κ3) is 2.64. The lowest BCUT2D eigenvalue weighted by atomic mass is 10.3. The third-order valence-corrected chi connectivity index (χ3v) is 4.69. The molecule has 0 saturated heterocycles. The fourth-order valence-electron chi connectivity index (χ4n) is 1.49. The Morgan fingerprint density at radius 2 is 2.00 bits per heavy atom. The molecule has 0 saturated carbocycles. The molecule has 0 atom stereocenters. The number of anilines is 2. The Balaban J connectivity index is 2.45. The van der Waals surface area contributed by atoms with Gasteiger partial charge in [0.25, 0.3) is 10.0 Å². The van der Waals surface area contributed by atoms with Gasteiger partial charge in [-0.25, -0.2) is 13.4 Å². The van der Waals surface area contributed by atoms with Crippen LogP contribution in [0, 0.1) is 0 Å². The van der Waals surface area contributed by atoms with Crippen molar-refractivity contribution in [2.24, 2.45) is 0 Å². The van der Waals surface area contributed by atoms with Crippen molar-refractivity contribution in [1.82, 2.24) is 4.98 Å². The zero-order valence-electron chi connectivity index (χ0n) is 10.1. The molecule has 7 heteroatoms. The summed E-state index contributed by atoms with van der Waals surface area (Å²) in [5.74, 6) is 0.329. The largest absolute Gasteiger partial charge is 0.398 e. The first-order valence-corrected chi connectivity index (χ1v) is 7.20. The molecule has 2 rings (SSSR count). The second kappa shape index (κ2) is 5.07. The van der Waals surface area contributed by atoms with Crippen LogP contribution in [-0.2, 0) is 10.0 Å². The maximum Gasteiger partial charge on any atom is 0.265 e. The molecule has 5 nitrogen and oxygen atoms in total. The van der Waals surface area contributed by atoms with Crippen molar-refractivity contribution in [2.75, 3.05) is 17.1 Å². The number of sulfonamides is 1. The summed E-state index contributed by atoms with van der Waals surface area (Å²) < 4.78 is 25.9. The lowest BCUT2D eigenvalue weighted by molar-refractivity contribution is 0.594. The van der Waals surface area contributed by atoms with Gasteiger partial charge in [0, 0.05) is 13.2 Å². The van der Waals surface area contributed by atoms with Crippen LogP contribution in [0.5, 0.6) is 0 Å². The van der Waals surface area contributed by atoms with Crippen LogP contribution in [0.15, 0.2) is 47.5 Å². The predicted molar refractivity (Wildman–Crippen MR) is 75.7 cm³/mol. The first-order valence-electron chi connectivity index (χ1n) is 5.38. The molecule has 1 aromatic carbocycles. The van der Waals surface area contributed by atoms with E-state index in [0.29, 0.717) is 11.5 Å². The summed E-state index contributed by atoms with van der Waals surface area (Å²) in [6.45, 7) is 0. The van der Waals surface area contributed by atoms with Crippen molar-refractivity contribution in [3.63, 3.8) is 0 Å². The minimum Gasteiger partial charge on any atom is -0.398 e. The van der Waals surface area contributed by atoms with Crippen molar-refractivity contribution >= 4 is 33.1 Å². The highest BCUT2D eigenvalue weighted by Gasteiger charge is 2.22. The van der Waals surface area contributed by atoms with Crippen LogP contribution in [0.2, 0.25) is 5.02 Å². The van der Waals surface area contributed by atoms with Gasteiger partial charge in [-0.1, -0.05) is 17.7 Å². The number of pyridine rings is 1. The molecule has 0 fully saturated rings. The summed E-state index contributed by atoms with van der Waals surface area (Å²) in [7, 11) is -2.27. The third-order valence-electron chi connectivity index (χ3n) is 2.60. The number of benzene rings is 1. The van der Waals surface area contributed by atoms with Gasteiger partial charge in [-0.15, -0.1) is 0 Å². The number of hydrogen-bond acceptors (Lipinski definition) is 4. The highest BCUT2D eigenvalue weighted by atomic mass is 35.5. The van der Waals surface area contributed by atoms with Gasteiger partial charge in [-0.3, -0.25) is 4.31 Å². The molecule has 0 radical (unpaired) electrons. The molecule has 19 heavy (non-hydrogen) atoms. The average molecular weight is 298 g/mol. The number of halogens is 1. The van der Waals surface area contributed by atoms with Gasteiger partial charge in [0.15, 0.2) is 0 Å². The Labute approximate surface area is 116 Å². The van der Waals surface area contributed by atoms with E-state index in [1.165, 1.54) is 31.4 Å². The number of nitrogen functional groups attached to an aromatic ring is 1. The van der Waals surface area contributed by atoms with Crippen LogP contribution in [0.25, 0.3) is 0 Å². The van der Waals surface area contributed by atoms with Crippen LogP contribution in [0.4, 0.5) is 11.5 Å². The summed E-state index contributed by atoms with van der Waals surface area (Å²) in [6, 6.07) is 9.23. The quantitative estimate of drug-likeness (QED) is 0.881. The van der Waals surface area contributed by atoms with E-state index in [9.17, 15) is 8.42 Å². The fourth-order valence-corrected chi connectivity index (χ4v) is 2.91. The molecule has 0 bridgehead atoms. The van der Waals surface area contributed by atoms with Crippen LogP contribution in [-0.4, -0.2) is 20.4 Å². The van der Waals surface area contributed by atoms with Crippen molar-refractivity contribution < 1.29 is 8.42 Å². The van der Waals surface area contributed by atoms with Crippen LogP contribution in [0.1, 0.15) is 0 Å². The van der Waals surface area contributed by atoms with Crippen molar-refractivity contribution in [3.8, 4) is 0 Å². The lowest BCUT2D eigenvalue weighted by Crippen LogP contribution is -2.27. The summed E-state index contributed by atoms with van der Waals surface area (Å²) in [6.07, 6.45) is 1.53. The number of nitrogens with two attached hydrogens (primary N) is 1. The van der Waals surface area contributed by atoms with E-state index >= 15 is 0 Å². The number of aromatic nitrogens is 1. The van der Waals surface area contributed by atoms with Gasteiger partial charge in [0.1, 0.15) is 5.82 Å². The molecule has 0 spiro atoms. The summed E-state index contributed by atoms with van der Waals surface area (Å²) >= 11 is 5.85. The van der Waals surface area contributed by atoms with Crippen LogP contribution >= 0.6 is 11.6 Å². The molecule has 1 aromatic heterocycles. The van der Waals surface area contributed by atoms with Gasteiger partial charge in [-0.05, 0) is 30.3 Å². The van der Waals surface area contributed by atoms with Gasteiger partial charge in [0.05, 0.1) is 15.6 Å². The van der Waals surface area contributed by atoms with E-state index in [0.717, 1.165) is 4.31 Å². The van der Waals surface area contributed by atoms with Crippen molar-refractivity contribution in [2.45, 2.75) is 4.90 Å². The second-order valence-electron chi connectivity index (χ2n) is 3.84. The zero-order chi connectivity index (χ0) is 14.0. The highest BCUT2D eigenvalue weighted by Crippen LogP contribution is 2.25. The molecule has 100 valence electrons. The highest BCUT2D eigenvalue weighted by molar-refractivity contribution is 7.92. The smallest absolute Gasteiger partial charge is 0.265 e. The molecule has 0 aliphatic heterocycles. The minimum atomic E-state index is -3.70. The zero-order valence-corrected chi connectivity index (χ0v) is 11.7. The fraction of sp³-hybridized carbons (Fsp3) is 0.0833. The Morgan fingerprint density at radius 1 is 1.26 bits per heavy atom. The molecule has 0 aliphatic rings. The standard InChI is InChI=1S/C12H12ClN3O2S/c1-16(12-4-2-3-7-15-12)19(17,18)9-5-6-11(14)10(13)8-9/h2-8H,14H2,1H3. The van der Waals surface area contributed by atoms with E-state index in [1.54, 1.807) is 18.2 Å². The van der Waals surface area contributed by atoms with E-state index in [-0.39, 0.29) is 9.92 Å². The Morgan fingerprint density at radius 3 is 2.58 bits per heavy atom. The van der Waals surface area contributed by atoms with E-state index in [1.807, 2.05) is 0 Å². The molecular formula is C12H12ClN3O2S. The van der Waals surface area contributed by atoms with Crippen molar-refractivity contribution in [1.29, 1.82) is 0 Å². The van der Waals surface area contributed by atoms with E-state index in [4.69, 9.17) is 17.3 Å². The number of hydrogen-bond donors (Lipinski definition) is 1. The molecule has 0 unspecified atom stereocenters. The lowest BCUT2D eigenvalue weighted by Gasteiger charge is -2.18. The maximum atomic E-state index is 12.4. The van der Waals surface area contributed by atoms with Gasteiger partial charge >= 0.3 is 0 Å². The van der Waals surface area contributed by atoms with Gasteiger partial charge < -0.3 is 5.73 Å². The summed E-state index contributed by atoms with van der Waals surface area (Å²) in [5, 5.41) is 0.204.